The Morgan fingerprint density at radius 1 is 1.38 bits per heavy atom. The Morgan fingerprint density at radius 3 is 2.06 bits per heavy atom. The molecule has 16 heavy (non-hydrogen) atoms. The Bertz CT molecular complexity index is 389. The quantitative estimate of drug-likeness (QED) is 0.479. The van der Waals surface area contributed by atoms with Crippen LogP contribution in [0.3, 0.4) is 0 Å². The molecular weight excluding hydrogens is 230 g/mol. The van der Waals surface area contributed by atoms with Crippen LogP contribution in [-0.4, -0.2) is 17.5 Å². The van der Waals surface area contributed by atoms with Gasteiger partial charge in [-0.05, 0) is 12.5 Å². The third-order valence-electron chi connectivity index (χ3n) is 1.63. The molecular formula is C10H17NO4S. The molecule has 0 aliphatic carbocycles. The first kappa shape index (κ1) is 15.0. The van der Waals surface area contributed by atoms with Gasteiger partial charge in [-0.1, -0.05) is 13.8 Å². The number of nitrogens with zero attached hydrogens (tertiary/aromatic N) is 1. The van der Waals surface area contributed by atoms with E-state index in [1.165, 1.54) is 5.56 Å². The maximum atomic E-state index is 8.63. The first-order valence-electron chi connectivity index (χ1n) is 4.82. The fourth-order valence-electron chi connectivity index (χ4n) is 1.08. The topological polar surface area (TPSA) is 81.3 Å². The molecule has 0 spiro atoms. The summed E-state index contributed by atoms with van der Waals surface area (Å²) in [6.45, 7) is 7.68. The largest absolute Gasteiger partial charge is 0.726 e. The van der Waals surface area contributed by atoms with E-state index < -0.39 is 10.4 Å². The average Bonchev–Trinajstić information content (AvgIpc) is 2.05. The molecule has 0 saturated heterocycles. The summed E-state index contributed by atoms with van der Waals surface area (Å²) in [6, 6.07) is 4.28. The molecule has 0 atom stereocenters. The maximum absolute atomic E-state index is 8.63. The highest BCUT2D eigenvalue weighted by atomic mass is 32.3. The van der Waals surface area contributed by atoms with E-state index in [-0.39, 0.29) is 0 Å². The predicted molar refractivity (Wildman–Crippen MR) is 58.5 cm³/mol. The van der Waals surface area contributed by atoms with Crippen molar-refractivity contribution in [2.75, 3.05) is 0 Å². The maximum Gasteiger partial charge on any atom is 0.215 e. The van der Waals surface area contributed by atoms with Gasteiger partial charge in [-0.15, -0.1) is 0 Å². The highest BCUT2D eigenvalue weighted by Gasteiger charge is 2.01. The second kappa shape index (κ2) is 6.57. The molecule has 0 aliphatic heterocycles. The molecule has 1 aromatic rings. The van der Waals surface area contributed by atoms with E-state index in [1.807, 2.05) is 0 Å². The van der Waals surface area contributed by atoms with Gasteiger partial charge in [0.05, 0.1) is 0 Å². The molecule has 0 aliphatic rings. The number of pyridine rings is 1. The molecule has 0 saturated carbocycles. The van der Waals surface area contributed by atoms with Gasteiger partial charge in [0, 0.05) is 18.1 Å². The summed E-state index contributed by atoms with van der Waals surface area (Å²) in [4.78, 5) is 0. The van der Waals surface area contributed by atoms with E-state index in [0.29, 0.717) is 0 Å². The average molecular weight is 247 g/mol. The minimum atomic E-state index is -4.92. The van der Waals surface area contributed by atoms with Crippen LogP contribution < -0.4 is 4.57 Å². The van der Waals surface area contributed by atoms with E-state index in [0.717, 1.165) is 12.5 Å². The lowest BCUT2D eigenvalue weighted by molar-refractivity contribution is -0.702. The van der Waals surface area contributed by atoms with Crippen molar-refractivity contribution in [1.82, 2.24) is 0 Å². The second-order valence-electron chi connectivity index (χ2n) is 3.89. The molecule has 1 rings (SSSR count). The van der Waals surface area contributed by atoms with E-state index in [1.54, 1.807) is 0 Å². The van der Waals surface area contributed by atoms with Gasteiger partial charge >= 0.3 is 0 Å². The van der Waals surface area contributed by atoms with E-state index in [9.17, 15) is 0 Å². The summed E-state index contributed by atoms with van der Waals surface area (Å²) < 4.78 is 35.1. The molecule has 1 aromatic heterocycles. The van der Waals surface area contributed by atoms with Crippen LogP contribution in [0, 0.1) is 12.8 Å². The molecule has 6 heteroatoms. The zero-order valence-corrected chi connectivity index (χ0v) is 10.4. The minimum absolute atomic E-state index is 0.725. The van der Waals surface area contributed by atoms with Gasteiger partial charge in [-0.25, -0.2) is 13.0 Å². The molecule has 0 aromatic carbocycles. The zero-order valence-electron chi connectivity index (χ0n) is 9.62. The Balaban J connectivity index is 0.000000385. The van der Waals surface area contributed by atoms with Crippen molar-refractivity contribution in [1.29, 1.82) is 0 Å². The third-order valence-corrected chi connectivity index (χ3v) is 1.63. The smallest absolute Gasteiger partial charge is 0.215 e. The molecule has 5 nitrogen and oxygen atoms in total. The van der Waals surface area contributed by atoms with Gasteiger partial charge in [0.2, 0.25) is 10.4 Å². The Kier molecular flexibility index (Phi) is 6.17. The molecule has 0 unspecified atom stereocenters. The molecule has 0 radical (unpaired) electrons. The highest BCUT2D eigenvalue weighted by Crippen LogP contribution is 1.93. The van der Waals surface area contributed by atoms with Gasteiger partial charge < -0.3 is 4.55 Å². The molecule has 1 N–H and O–H groups in total. The van der Waals surface area contributed by atoms with Gasteiger partial charge in [0.1, 0.15) is 0 Å². The van der Waals surface area contributed by atoms with Gasteiger partial charge in [-0.2, -0.15) is 0 Å². The Labute approximate surface area is 96.3 Å². The highest BCUT2D eigenvalue weighted by molar-refractivity contribution is 7.79. The van der Waals surface area contributed by atoms with Crippen LogP contribution in [0.1, 0.15) is 19.4 Å². The predicted octanol–water partition coefficient (Wildman–Crippen LogP) is 0.943. The number of hydrogen-bond acceptors (Lipinski definition) is 3. The lowest BCUT2D eigenvalue weighted by atomic mass is 10.2. The fraction of sp³-hybridized carbons (Fsp3) is 0.500. The van der Waals surface area contributed by atoms with Crippen molar-refractivity contribution < 1.29 is 22.1 Å². The van der Waals surface area contributed by atoms with Crippen molar-refractivity contribution in [3.63, 3.8) is 0 Å². The van der Waals surface area contributed by atoms with E-state index in [4.69, 9.17) is 17.5 Å². The van der Waals surface area contributed by atoms with Gasteiger partial charge in [0.25, 0.3) is 0 Å². The van der Waals surface area contributed by atoms with Crippen molar-refractivity contribution >= 4 is 10.4 Å². The van der Waals surface area contributed by atoms with Crippen molar-refractivity contribution in [3.05, 3.63) is 30.1 Å². The molecule has 0 bridgehead atoms. The lowest BCUT2D eigenvalue weighted by Gasteiger charge is -1.99. The van der Waals surface area contributed by atoms with Crippen molar-refractivity contribution in [2.45, 2.75) is 27.3 Å². The van der Waals surface area contributed by atoms with Crippen LogP contribution in [0.5, 0.6) is 0 Å². The monoisotopic (exact) mass is 247 g/mol. The normalized spacial score (nSPS) is 10.9. The van der Waals surface area contributed by atoms with Crippen LogP contribution in [-0.2, 0) is 16.9 Å². The number of hydrogen-bond donors (Lipinski definition) is 1. The fourth-order valence-corrected chi connectivity index (χ4v) is 1.08. The van der Waals surface area contributed by atoms with E-state index in [2.05, 4.69) is 49.9 Å². The van der Waals surface area contributed by atoms with E-state index >= 15 is 0 Å². The standard InChI is InChI=1S/C10H16N.H2O4S/c1-9(2)8-11-6-4-10(3)5-7-11;1-5(2,3)4/h4-7,9H,8H2,1-3H3;(H2,1,2,3,4)/q+1;/p-1. The summed E-state index contributed by atoms with van der Waals surface area (Å²) in [5, 5.41) is 0. The third kappa shape index (κ3) is 11.1. The SMILES string of the molecule is Cc1cc[n+](CC(C)C)cc1.O=S(=O)([O-])O. The second-order valence-corrected chi connectivity index (χ2v) is 4.75. The molecule has 0 fully saturated rings. The zero-order chi connectivity index (χ0) is 12.8. The van der Waals surface area contributed by atoms with Crippen LogP contribution in [0.4, 0.5) is 0 Å². The first-order valence-corrected chi connectivity index (χ1v) is 6.19. The molecule has 0 amide bonds. The van der Waals surface area contributed by atoms with Gasteiger partial charge in [-0.3, -0.25) is 4.55 Å². The van der Waals surface area contributed by atoms with Crippen LogP contribution in [0.15, 0.2) is 24.5 Å². The van der Waals surface area contributed by atoms with Crippen LogP contribution >= 0.6 is 0 Å². The molecule has 92 valence electrons. The number of rotatable bonds is 2. The summed E-state index contributed by atoms with van der Waals surface area (Å²) in [5.74, 6) is 0.725. The Morgan fingerprint density at radius 2 is 1.75 bits per heavy atom. The number of aromatic nitrogens is 1. The van der Waals surface area contributed by atoms with Gasteiger partial charge in [0.15, 0.2) is 18.9 Å². The van der Waals surface area contributed by atoms with Crippen molar-refractivity contribution in [3.8, 4) is 0 Å². The first-order chi connectivity index (χ1) is 7.18. The minimum Gasteiger partial charge on any atom is -0.726 e. The summed E-state index contributed by atoms with van der Waals surface area (Å²) in [6.07, 6.45) is 4.27. The van der Waals surface area contributed by atoms with Crippen LogP contribution in [0.25, 0.3) is 0 Å². The van der Waals surface area contributed by atoms with Crippen molar-refractivity contribution in [2.24, 2.45) is 5.92 Å². The summed E-state index contributed by atoms with van der Waals surface area (Å²) >= 11 is 0. The Hall–Kier alpha value is -0.980. The summed E-state index contributed by atoms with van der Waals surface area (Å²) in [5.41, 5.74) is 1.32. The lowest BCUT2D eigenvalue weighted by Crippen LogP contribution is -2.35. The van der Waals surface area contributed by atoms with Crippen LogP contribution in [0.2, 0.25) is 0 Å². The summed E-state index contributed by atoms with van der Waals surface area (Å²) in [7, 11) is -4.92. The molecule has 1 heterocycles. The number of aryl methyl sites for hydroxylation is 1.